The number of alkyl halides is 6. The zero-order valence-electron chi connectivity index (χ0n) is 10.9. The molecule has 1 fully saturated rings. The summed E-state index contributed by atoms with van der Waals surface area (Å²) in [7, 11) is 0. The second-order valence-electron chi connectivity index (χ2n) is 5.11. The van der Waals surface area contributed by atoms with Crippen molar-refractivity contribution in [1.29, 1.82) is 0 Å². The third-order valence-corrected chi connectivity index (χ3v) is 4.49. The van der Waals surface area contributed by atoms with E-state index in [-0.39, 0.29) is 31.1 Å². The van der Waals surface area contributed by atoms with Gasteiger partial charge in [0.25, 0.3) is 0 Å². The van der Waals surface area contributed by atoms with Crippen LogP contribution >= 0.6 is 11.3 Å². The third kappa shape index (κ3) is 4.57. The molecule has 2 nitrogen and oxygen atoms in total. The molecule has 0 atom stereocenters. The van der Waals surface area contributed by atoms with Crippen LogP contribution in [0.2, 0.25) is 0 Å². The maximum atomic E-state index is 12.5. The lowest BCUT2D eigenvalue weighted by molar-refractivity contribution is -0.182. The summed E-state index contributed by atoms with van der Waals surface area (Å²) >= 11 is 0.522. The Bertz CT molecular complexity index is 459. The van der Waals surface area contributed by atoms with E-state index < -0.39 is 23.3 Å². The molecule has 9 heteroatoms. The Morgan fingerprint density at radius 1 is 1.10 bits per heavy atom. The molecule has 1 aliphatic rings. The maximum absolute atomic E-state index is 12.5. The molecule has 0 radical (unpaired) electrons. The van der Waals surface area contributed by atoms with Crippen molar-refractivity contribution < 1.29 is 26.3 Å². The summed E-state index contributed by atoms with van der Waals surface area (Å²) in [4.78, 5) is 3.47. The molecule has 21 heavy (non-hydrogen) atoms. The average Bonchev–Trinajstić information content (AvgIpc) is 2.84. The van der Waals surface area contributed by atoms with E-state index in [1.54, 1.807) is 0 Å². The van der Waals surface area contributed by atoms with Gasteiger partial charge in [0.15, 0.2) is 5.01 Å². The minimum Gasteiger partial charge on any atom is -0.308 e. The Balaban J connectivity index is 1.79. The zero-order chi connectivity index (χ0) is 15.7. The summed E-state index contributed by atoms with van der Waals surface area (Å²) in [6.07, 6.45) is -7.73. The van der Waals surface area contributed by atoms with Crippen LogP contribution in [0.5, 0.6) is 0 Å². The van der Waals surface area contributed by atoms with Crippen LogP contribution in [0.25, 0.3) is 0 Å². The number of nitrogens with one attached hydrogen (secondary N) is 1. The molecule has 1 saturated carbocycles. The van der Waals surface area contributed by atoms with Crippen molar-refractivity contribution in [3.05, 3.63) is 16.1 Å². The molecule has 1 aliphatic carbocycles. The molecule has 120 valence electrons. The van der Waals surface area contributed by atoms with E-state index in [4.69, 9.17) is 0 Å². The summed E-state index contributed by atoms with van der Waals surface area (Å²) in [6.45, 7) is 0.147. The first kappa shape index (κ1) is 16.5. The highest BCUT2D eigenvalue weighted by atomic mass is 32.1. The standard InChI is InChI=1S/C12H14F6N2S/c13-11(14,15)7-1-3-8(4-2-7)19-5-9-6-21-10(20-9)12(16,17)18/h6-8,19H,1-5H2. The lowest BCUT2D eigenvalue weighted by atomic mass is 9.85. The van der Waals surface area contributed by atoms with Crippen LogP contribution in [0.15, 0.2) is 5.38 Å². The molecule has 0 aliphatic heterocycles. The highest BCUT2D eigenvalue weighted by Crippen LogP contribution is 2.37. The van der Waals surface area contributed by atoms with Gasteiger partial charge in [-0.3, -0.25) is 0 Å². The fourth-order valence-corrected chi connectivity index (χ4v) is 3.08. The summed E-state index contributed by atoms with van der Waals surface area (Å²) < 4.78 is 74.6. The van der Waals surface area contributed by atoms with Gasteiger partial charge in [-0.2, -0.15) is 26.3 Å². The molecule has 1 aromatic heterocycles. The van der Waals surface area contributed by atoms with E-state index in [1.165, 1.54) is 5.38 Å². The third-order valence-electron chi connectivity index (χ3n) is 3.56. The minimum atomic E-state index is -4.45. The van der Waals surface area contributed by atoms with Crippen molar-refractivity contribution in [2.45, 2.75) is 50.6 Å². The van der Waals surface area contributed by atoms with Gasteiger partial charge in [-0.15, -0.1) is 11.3 Å². The first-order valence-electron chi connectivity index (χ1n) is 6.48. The molecule has 0 saturated heterocycles. The second-order valence-corrected chi connectivity index (χ2v) is 5.97. The van der Waals surface area contributed by atoms with Gasteiger partial charge in [-0.1, -0.05) is 0 Å². The van der Waals surface area contributed by atoms with Crippen LogP contribution in [0.3, 0.4) is 0 Å². The molecule has 0 amide bonds. The second kappa shape index (κ2) is 6.12. The van der Waals surface area contributed by atoms with Gasteiger partial charge in [-0.25, -0.2) is 4.98 Å². The molecular weight excluding hydrogens is 318 g/mol. The lowest BCUT2D eigenvalue weighted by Gasteiger charge is -2.30. The van der Waals surface area contributed by atoms with Gasteiger partial charge in [0, 0.05) is 18.0 Å². The smallest absolute Gasteiger partial charge is 0.308 e. The molecule has 0 bridgehead atoms. The predicted octanol–water partition coefficient (Wildman–Crippen LogP) is 4.37. The van der Waals surface area contributed by atoms with Crippen molar-refractivity contribution in [2.75, 3.05) is 0 Å². The molecule has 0 aromatic carbocycles. The van der Waals surface area contributed by atoms with Gasteiger partial charge >= 0.3 is 12.4 Å². The van der Waals surface area contributed by atoms with Crippen molar-refractivity contribution in [2.24, 2.45) is 5.92 Å². The maximum Gasteiger partial charge on any atom is 0.443 e. The van der Waals surface area contributed by atoms with Crippen molar-refractivity contribution in [1.82, 2.24) is 10.3 Å². The van der Waals surface area contributed by atoms with Crippen LogP contribution in [0.4, 0.5) is 26.3 Å². The Kier molecular flexibility index (Phi) is 4.82. The van der Waals surface area contributed by atoms with Crippen molar-refractivity contribution >= 4 is 11.3 Å². The summed E-state index contributed by atoms with van der Waals surface area (Å²) in [5.74, 6) is -1.26. The molecule has 1 aromatic rings. The highest BCUT2D eigenvalue weighted by molar-refractivity contribution is 7.09. The molecule has 0 spiro atoms. The number of thiazole rings is 1. The molecule has 1 heterocycles. The topological polar surface area (TPSA) is 24.9 Å². The quantitative estimate of drug-likeness (QED) is 0.831. The van der Waals surface area contributed by atoms with Crippen molar-refractivity contribution in [3.63, 3.8) is 0 Å². The van der Waals surface area contributed by atoms with Crippen LogP contribution in [0, 0.1) is 5.92 Å². The van der Waals surface area contributed by atoms with Crippen LogP contribution in [0.1, 0.15) is 36.4 Å². The number of aromatic nitrogens is 1. The fraction of sp³-hybridized carbons (Fsp3) is 0.750. The van der Waals surface area contributed by atoms with E-state index in [1.807, 2.05) is 0 Å². The Morgan fingerprint density at radius 3 is 2.19 bits per heavy atom. The molecule has 0 unspecified atom stereocenters. The minimum absolute atomic E-state index is 0.0615. The summed E-state index contributed by atoms with van der Waals surface area (Å²) in [6, 6.07) is -0.0976. The largest absolute Gasteiger partial charge is 0.443 e. The molecule has 1 N–H and O–H groups in total. The monoisotopic (exact) mass is 332 g/mol. The fourth-order valence-electron chi connectivity index (χ4n) is 2.39. The first-order chi connectivity index (χ1) is 9.66. The normalized spacial score (nSPS) is 24.3. The number of hydrogen-bond donors (Lipinski definition) is 1. The number of halogens is 6. The van der Waals surface area contributed by atoms with Gasteiger partial charge in [0.05, 0.1) is 11.6 Å². The van der Waals surface area contributed by atoms with Gasteiger partial charge < -0.3 is 5.32 Å². The average molecular weight is 332 g/mol. The van der Waals surface area contributed by atoms with E-state index in [0.29, 0.717) is 24.2 Å². The Morgan fingerprint density at radius 2 is 1.71 bits per heavy atom. The van der Waals surface area contributed by atoms with Gasteiger partial charge in [0.1, 0.15) is 0 Å². The number of hydrogen-bond acceptors (Lipinski definition) is 3. The van der Waals surface area contributed by atoms with E-state index >= 15 is 0 Å². The van der Waals surface area contributed by atoms with E-state index in [0.717, 1.165) is 0 Å². The van der Waals surface area contributed by atoms with Crippen LogP contribution < -0.4 is 5.32 Å². The van der Waals surface area contributed by atoms with E-state index in [2.05, 4.69) is 10.3 Å². The molecular formula is C12H14F6N2S. The zero-order valence-corrected chi connectivity index (χ0v) is 11.7. The lowest BCUT2D eigenvalue weighted by Crippen LogP contribution is -2.36. The highest BCUT2D eigenvalue weighted by Gasteiger charge is 2.41. The Hall–Kier alpha value is -0.830. The Labute approximate surface area is 121 Å². The molecule has 2 rings (SSSR count). The van der Waals surface area contributed by atoms with Crippen LogP contribution in [-0.2, 0) is 12.7 Å². The van der Waals surface area contributed by atoms with Gasteiger partial charge in [-0.05, 0) is 25.7 Å². The summed E-state index contributed by atoms with van der Waals surface area (Å²) in [5.41, 5.74) is 0.269. The van der Waals surface area contributed by atoms with Crippen molar-refractivity contribution in [3.8, 4) is 0 Å². The van der Waals surface area contributed by atoms with E-state index in [9.17, 15) is 26.3 Å². The predicted molar refractivity (Wildman–Crippen MR) is 65.8 cm³/mol. The summed E-state index contributed by atoms with van der Waals surface area (Å²) in [5, 5.41) is 3.40. The number of nitrogens with zero attached hydrogens (tertiary/aromatic N) is 1. The number of rotatable bonds is 3. The van der Waals surface area contributed by atoms with Gasteiger partial charge in [0.2, 0.25) is 0 Å². The van der Waals surface area contributed by atoms with Crippen LogP contribution in [-0.4, -0.2) is 17.2 Å². The first-order valence-corrected chi connectivity index (χ1v) is 7.36. The SMILES string of the molecule is FC(F)(F)c1nc(CNC2CCC(C(F)(F)F)CC2)cs1.